The maximum Gasteiger partial charge on any atom is 0.118 e. The number of nitrogens with two attached hydrogens (primary N) is 1. The maximum atomic E-state index is 6.35. The minimum atomic E-state index is 0.0439. The van der Waals surface area contributed by atoms with E-state index in [1.54, 1.807) is 7.11 Å². The van der Waals surface area contributed by atoms with Gasteiger partial charge in [-0.25, -0.2) is 0 Å². The second-order valence-corrected chi connectivity index (χ2v) is 4.67. The van der Waals surface area contributed by atoms with Crippen molar-refractivity contribution < 1.29 is 4.74 Å². The molecule has 0 heterocycles. The number of hydrogen-bond donors (Lipinski definition) is 1. The number of methoxy groups -OCH3 is 1. The molecule has 0 radical (unpaired) electrons. The van der Waals surface area contributed by atoms with Gasteiger partial charge in [-0.2, -0.15) is 0 Å². The summed E-state index contributed by atoms with van der Waals surface area (Å²) in [4.78, 5) is 2.43. The summed E-state index contributed by atoms with van der Waals surface area (Å²) in [5, 5.41) is 0. The van der Waals surface area contributed by atoms with Crippen LogP contribution in [0, 0.1) is 0 Å². The molecule has 0 aromatic heterocycles. The van der Waals surface area contributed by atoms with E-state index in [1.165, 1.54) is 0 Å². The molecule has 0 fully saturated rings. The quantitative estimate of drug-likeness (QED) is 0.808. The van der Waals surface area contributed by atoms with Crippen LogP contribution in [-0.2, 0) is 0 Å². The fraction of sp³-hybridized carbons (Fsp3) is 0.600. The van der Waals surface area contributed by atoms with Gasteiger partial charge < -0.3 is 10.5 Å². The van der Waals surface area contributed by atoms with Gasteiger partial charge >= 0.3 is 0 Å². The highest BCUT2D eigenvalue weighted by molar-refractivity contribution is 5.29. The van der Waals surface area contributed by atoms with E-state index in [-0.39, 0.29) is 6.04 Å². The van der Waals surface area contributed by atoms with Gasteiger partial charge in [0.25, 0.3) is 0 Å². The van der Waals surface area contributed by atoms with Crippen LogP contribution in [0.4, 0.5) is 0 Å². The van der Waals surface area contributed by atoms with Crippen molar-refractivity contribution in [2.24, 2.45) is 5.73 Å². The van der Waals surface area contributed by atoms with Gasteiger partial charge in [-0.1, -0.05) is 26.0 Å². The van der Waals surface area contributed by atoms with E-state index in [2.05, 4.69) is 37.8 Å². The lowest BCUT2D eigenvalue weighted by atomic mass is 10.00. The first kappa shape index (κ1) is 15.0. The van der Waals surface area contributed by atoms with E-state index < -0.39 is 0 Å². The molecule has 2 atom stereocenters. The Morgan fingerprint density at radius 1 is 1.22 bits per heavy atom. The van der Waals surface area contributed by atoms with Crippen molar-refractivity contribution in [3.8, 4) is 5.75 Å². The van der Waals surface area contributed by atoms with E-state index in [1.807, 2.05) is 12.1 Å². The second-order valence-electron chi connectivity index (χ2n) is 4.67. The molecule has 2 N–H and O–H groups in total. The second kappa shape index (κ2) is 7.39. The van der Waals surface area contributed by atoms with Crippen molar-refractivity contribution in [2.45, 2.75) is 39.3 Å². The molecule has 1 rings (SSSR count). The molecule has 0 aliphatic carbocycles. The lowest BCUT2D eigenvalue weighted by molar-refractivity contribution is 0.194. The van der Waals surface area contributed by atoms with E-state index in [4.69, 9.17) is 10.5 Å². The van der Waals surface area contributed by atoms with Crippen molar-refractivity contribution >= 4 is 0 Å². The lowest BCUT2D eigenvalue weighted by Gasteiger charge is -2.32. The van der Waals surface area contributed by atoms with Gasteiger partial charge in [0, 0.05) is 12.1 Å². The number of hydrogen-bond acceptors (Lipinski definition) is 3. The average Bonchev–Trinajstić information content (AvgIpc) is 2.43. The normalized spacial score (nSPS) is 14.6. The summed E-state index contributed by atoms with van der Waals surface area (Å²) in [7, 11) is 1.68. The van der Waals surface area contributed by atoms with Crippen LogP contribution in [0.5, 0.6) is 5.75 Å². The van der Waals surface area contributed by atoms with E-state index >= 15 is 0 Å². The Kier molecular flexibility index (Phi) is 6.16. The zero-order chi connectivity index (χ0) is 13.5. The molecule has 0 saturated heterocycles. The minimum absolute atomic E-state index is 0.0439. The van der Waals surface area contributed by atoms with Gasteiger partial charge in [0.2, 0.25) is 0 Å². The van der Waals surface area contributed by atoms with Crippen LogP contribution >= 0.6 is 0 Å². The smallest absolute Gasteiger partial charge is 0.118 e. The Morgan fingerprint density at radius 2 is 1.83 bits per heavy atom. The minimum Gasteiger partial charge on any atom is -0.497 e. The van der Waals surface area contributed by atoms with E-state index in [9.17, 15) is 0 Å². The summed E-state index contributed by atoms with van der Waals surface area (Å²) in [6, 6.07) is 8.45. The first-order valence-corrected chi connectivity index (χ1v) is 6.77. The average molecular weight is 250 g/mol. The number of likely N-dealkylation sites (N-methyl/N-ethyl adjacent to an activating group) is 1. The Balaban J connectivity index is 2.74. The number of benzene rings is 1. The molecule has 0 spiro atoms. The molecule has 0 bridgehead atoms. The zero-order valence-electron chi connectivity index (χ0n) is 12.0. The summed E-state index contributed by atoms with van der Waals surface area (Å²) in [6.07, 6.45) is 1.16. The Bertz CT molecular complexity index is 337. The van der Waals surface area contributed by atoms with Gasteiger partial charge in [-0.05, 0) is 44.1 Å². The first-order chi connectivity index (χ1) is 8.63. The molecular formula is C15H26N2O. The third-order valence-corrected chi connectivity index (χ3v) is 3.51. The molecule has 1 aromatic carbocycles. The Morgan fingerprint density at radius 3 is 2.28 bits per heavy atom. The summed E-state index contributed by atoms with van der Waals surface area (Å²) in [5.41, 5.74) is 7.52. The summed E-state index contributed by atoms with van der Waals surface area (Å²) in [5.74, 6) is 0.875. The SMILES string of the molecule is CCCN(CC)C(C)C(N)c1ccc(OC)cc1. The van der Waals surface area contributed by atoms with Crippen molar-refractivity contribution in [3.05, 3.63) is 29.8 Å². The molecule has 2 unspecified atom stereocenters. The maximum absolute atomic E-state index is 6.35. The largest absolute Gasteiger partial charge is 0.497 e. The van der Waals surface area contributed by atoms with Crippen molar-refractivity contribution in [3.63, 3.8) is 0 Å². The molecule has 0 aliphatic rings. The molecule has 102 valence electrons. The predicted octanol–water partition coefficient (Wildman–Crippen LogP) is 2.82. The molecule has 18 heavy (non-hydrogen) atoms. The molecule has 0 saturated carbocycles. The fourth-order valence-corrected chi connectivity index (χ4v) is 2.27. The molecule has 0 aliphatic heterocycles. The third kappa shape index (κ3) is 3.72. The highest BCUT2D eigenvalue weighted by atomic mass is 16.5. The van der Waals surface area contributed by atoms with Crippen molar-refractivity contribution in [1.82, 2.24) is 4.90 Å². The molecule has 0 amide bonds. The number of ether oxygens (including phenoxy) is 1. The first-order valence-electron chi connectivity index (χ1n) is 6.77. The summed E-state index contributed by atoms with van der Waals surface area (Å²) in [6.45, 7) is 8.73. The molecule has 3 heteroatoms. The van der Waals surface area contributed by atoms with Gasteiger partial charge in [0.15, 0.2) is 0 Å². The Hall–Kier alpha value is -1.06. The predicted molar refractivity (Wildman–Crippen MR) is 76.9 cm³/mol. The topological polar surface area (TPSA) is 38.5 Å². The van der Waals surface area contributed by atoms with Crippen LogP contribution in [0.1, 0.15) is 38.8 Å². The van der Waals surface area contributed by atoms with E-state index in [0.717, 1.165) is 30.8 Å². The zero-order valence-corrected chi connectivity index (χ0v) is 12.0. The van der Waals surface area contributed by atoms with Gasteiger partial charge in [0.05, 0.1) is 7.11 Å². The molecular weight excluding hydrogens is 224 g/mol. The van der Waals surface area contributed by atoms with E-state index in [0.29, 0.717) is 6.04 Å². The van der Waals surface area contributed by atoms with Crippen LogP contribution in [0.25, 0.3) is 0 Å². The highest BCUT2D eigenvalue weighted by Crippen LogP contribution is 2.21. The van der Waals surface area contributed by atoms with Gasteiger partial charge in [-0.15, -0.1) is 0 Å². The van der Waals surface area contributed by atoms with Gasteiger partial charge in [0.1, 0.15) is 5.75 Å². The fourth-order valence-electron chi connectivity index (χ4n) is 2.27. The highest BCUT2D eigenvalue weighted by Gasteiger charge is 2.20. The van der Waals surface area contributed by atoms with Gasteiger partial charge in [-0.3, -0.25) is 4.90 Å². The summed E-state index contributed by atoms with van der Waals surface area (Å²) < 4.78 is 5.17. The molecule has 1 aromatic rings. The van der Waals surface area contributed by atoms with Crippen LogP contribution in [-0.4, -0.2) is 31.1 Å². The Labute approximate surface area is 111 Å². The van der Waals surface area contributed by atoms with Crippen LogP contribution in [0.2, 0.25) is 0 Å². The summed E-state index contributed by atoms with van der Waals surface area (Å²) >= 11 is 0. The molecule has 3 nitrogen and oxygen atoms in total. The standard InChI is InChI=1S/C15H26N2O/c1-5-11-17(6-2)12(3)15(16)13-7-9-14(18-4)10-8-13/h7-10,12,15H,5-6,11,16H2,1-4H3. The van der Waals surface area contributed by atoms with Crippen LogP contribution < -0.4 is 10.5 Å². The van der Waals surface area contributed by atoms with Crippen LogP contribution in [0.15, 0.2) is 24.3 Å². The third-order valence-electron chi connectivity index (χ3n) is 3.51. The van der Waals surface area contributed by atoms with Crippen LogP contribution in [0.3, 0.4) is 0 Å². The lowest BCUT2D eigenvalue weighted by Crippen LogP contribution is -2.41. The monoisotopic (exact) mass is 250 g/mol. The van der Waals surface area contributed by atoms with Crippen molar-refractivity contribution in [1.29, 1.82) is 0 Å². The number of rotatable bonds is 7. The number of nitrogens with zero attached hydrogens (tertiary/aromatic N) is 1. The van der Waals surface area contributed by atoms with Crippen molar-refractivity contribution in [2.75, 3.05) is 20.2 Å².